The molecular weight excluding hydrogens is 433 g/mol. The van der Waals surface area contributed by atoms with E-state index >= 15 is 0 Å². The minimum atomic E-state index is -1.34. The minimum Gasteiger partial charge on any atom is -0.502 e. The van der Waals surface area contributed by atoms with E-state index in [0.29, 0.717) is 12.1 Å². The zero-order chi connectivity index (χ0) is 12.5. The normalized spacial score (nSPS) is 9.18. The molecule has 11 heteroatoms. The van der Waals surface area contributed by atoms with E-state index < -0.39 is 37.6 Å². The maximum absolute atomic E-state index is 10.5. The van der Waals surface area contributed by atoms with Gasteiger partial charge in [-0.2, -0.15) is 0 Å². The summed E-state index contributed by atoms with van der Waals surface area (Å²) in [6.45, 7) is 0. The fraction of sp³-hybridized carbons (Fsp3) is 0. The predicted octanol–water partition coefficient (Wildman–Crippen LogP) is 0.736. The maximum atomic E-state index is 10.5. The maximum Gasteiger partial charge on any atom is 0.426 e. The summed E-state index contributed by atoms with van der Waals surface area (Å²) in [5.74, 6) is -0.998. The zero-order valence-corrected chi connectivity index (χ0v) is 11.8. The number of nitro benzene ring substituents is 3. The SMILES string of the molecule is O=[N+]([O-])c1ccc(O)c([N+](=O)[O-])c1[N+](=O)[O-].[Pb]. The molecule has 0 aromatic heterocycles. The van der Waals surface area contributed by atoms with Crippen molar-refractivity contribution < 1.29 is 19.9 Å². The van der Waals surface area contributed by atoms with Crippen LogP contribution in [0.4, 0.5) is 17.1 Å². The van der Waals surface area contributed by atoms with Crippen molar-refractivity contribution in [3.63, 3.8) is 0 Å². The van der Waals surface area contributed by atoms with E-state index in [-0.39, 0.29) is 27.3 Å². The molecule has 0 saturated carbocycles. The van der Waals surface area contributed by atoms with Crippen LogP contribution in [0, 0.1) is 30.3 Å². The summed E-state index contributed by atoms with van der Waals surface area (Å²) in [7, 11) is 0. The van der Waals surface area contributed by atoms with Gasteiger partial charge in [0.1, 0.15) is 0 Å². The predicted molar refractivity (Wildman–Crippen MR) is 53.8 cm³/mol. The molecule has 88 valence electrons. The van der Waals surface area contributed by atoms with Gasteiger partial charge < -0.3 is 5.11 Å². The Balaban J connectivity index is 0.00000256. The number of nitro groups is 3. The molecule has 1 N–H and O–H groups in total. The Morgan fingerprint density at radius 3 is 1.71 bits per heavy atom. The second kappa shape index (κ2) is 5.46. The van der Waals surface area contributed by atoms with Crippen LogP contribution < -0.4 is 0 Å². The Hall–Kier alpha value is -1.86. The third kappa shape index (κ3) is 2.83. The van der Waals surface area contributed by atoms with Crippen LogP contribution in [-0.4, -0.2) is 47.2 Å². The number of phenols is 1. The number of aromatic hydroxyl groups is 1. The number of hydrogen-bond donors (Lipinski definition) is 1. The molecule has 17 heavy (non-hydrogen) atoms. The average molecular weight is 436 g/mol. The van der Waals surface area contributed by atoms with Crippen LogP contribution in [0.25, 0.3) is 0 Å². The molecule has 0 aliphatic rings. The van der Waals surface area contributed by atoms with E-state index in [9.17, 15) is 30.3 Å². The van der Waals surface area contributed by atoms with Gasteiger partial charge in [0.25, 0.3) is 0 Å². The van der Waals surface area contributed by atoms with Gasteiger partial charge in [-0.1, -0.05) is 0 Å². The molecule has 0 aliphatic carbocycles. The van der Waals surface area contributed by atoms with Gasteiger partial charge in [-0.15, -0.1) is 0 Å². The van der Waals surface area contributed by atoms with Gasteiger partial charge in [0.05, 0.1) is 14.8 Å². The topological polar surface area (TPSA) is 150 Å². The first kappa shape index (κ1) is 15.1. The van der Waals surface area contributed by atoms with Gasteiger partial charge >= 0.3 is 17.1 Å². The number of hydrogen-bond acceptors (Lipinski definition) is 7. The molecule has 1 rings (SSSR count). The standard InChI is InChI=1S/C6H3N3O7.Pb/c10-4-2-1-3(7(11)12)5(8(13)14)6(4)9(15)16;/h1-2,10H;. The van der Waals surface area contributed by atoms with Crippen molar-refractivity contribution in [2.24, 2.45) is 0 Å². The summed E-state index contributed by atoms with van der Waals surface area (Å²) in [5.41, 5.74) is -3.68. The second-order valence-electron chi connectivity index (χ2n) is 2.57. The van der Waals surface area contributed by atoms with Crippen molar-refractivity contribution in [2.75, 3.05) is 0 Å². The van der Waals surface area contributed by atoms with Crippen molar-refractivity contribution in [3.8, 4) is 5.75 Å². The Bertz CT molecular complexity index is 503. The minimum absolute atomic E-state index is 0. The van der Waals surface area contributed by atoms with E-state index in [1.807, 2.05) is 0 Å². The third-order valence-electron chi connectivity index (χ3n) is 1.67. The van der Waals surface area contributed by atoms with Crippen LogP contribution >= 0.6 is 0 Å². The largest absolute Gasteiger partial charge is 0.502 e. The molecule has 0 heterocycles. The van der Waals surface area contributed by atoms with Crippen molar-refractivity contribution in [1.82, 2.24) is 0 Å². The zero-order valence-electron chi connectivity index (χ0n) is 7.89. The summed E-state index contributed by atoms with van der Waals surface area (Å²) in [6.07, 6.45) is 0. The van der Waals surface area contributed by atoms with E-state index in [1.165, 1.54) is 0 Å². The molecule has 0 spiro atoms. The molecule has 0 aliphatic heterocycles. The first-order chi connectivity index (χ1) is 7.36. The molecular formula is C6H3N3O7Pb. The van der Waals surface area contributed by atoms with Crippen molar-refractivity contribution >= 4 is 44.4 Å². The van der Waals surface area contributed by atoms with Gasteiger partial charge in [0.2, 0.25) is 5.75 Å². The molecule has 0 fully saturated rings. The van der Waals surface area contributed by atoms with Crippen molar-refractivity contribution in [2.45, 2.75) is 0 Å². The molecule has 0 atom stereocenters. The summed E-state index contributed by atoms with van der Waals surface area (Å²) >= 11 is 0. The first-order valence-corrected chi connectivity index (χ1v) is 3.65. The van der Waals surface area contributed by atoms with Gasteiger partial charge in [-0.05, 0) is 6.07 Å². The Morgan fingerprint density at radius 2 is 1.35 bits per heavy atom. The number of nitrogens with zero attached hydrogens (tertiary/aromatic N) is 3. The van der Waals surface area contributed by atoms with Gasteiger partial charge in [-0.3, -0.25) is 30.3 Å². The number of rotatable bonds is 3. The average Bonchev–Trinajstić information content (AvgIpc) is 2.15. The quantitative estimate of drug-likeness (QED) is 0.417. The number of benzene rings is 1. The number of phenolic OH excluding ortho intramolecular Hbond substituents is 1. The molecule has 0 unspecified atom stereocenters. The van der Waals surface area contributed by atoms with Crippen LogP contribution in [0.1, 0.15) is 0 Å². The smallest absolute Gasteiger partial charge is 0.426 e. The third-order valence-corrected chi connectivity index (χ3v) is 1.67. The van der Waals surface area contributed by atoms with Crippen LogP contribution in [0.15, 0.2) is 12.1 Å². The van der Waals surface area contributed by atoms with Crippen LogP contribution in [0.3, 0.4) is 0 Å². The molecule has 0 bridgehead atoms. The van der Waals surface area contributed by atoms with Gasteiger partial charge in [0.15, 0.2) is 0 Å². The van der Waals surface area contributed by atoms with Gasteiger partial charge in [-0.25, -0.2) is 0 Å². The van der Waals surface area contributed by atoms with Crippen LogP contribution in [-0.2, 0) is 0 Å². The molecule has 10 nitrogen and oxygen atoms in total. The van der Waals surface area contributed by atoms with Crippen LogP contribution in [0.2, 0.25) is 0 Å². The van der Waals surface area contributed by atoms with E-state index in [2.05, 4.69) is 0 Å². The Labute approximate surface area is 112 Å². The fourth-order valence-electron chi connectivity index (χ4n) is 1.07. The fourth-order valence-corrected chi connectivity index (χ4v) is 1.07. The van der Waals surface area contributed by atoms with E-state index in [1.54, 1.807) is 0 Å². The monoisotopic (exact) mass is 437 g/mol. The summed E-state index contributed by atoms with van der Waals surface area (Å²) in [5, 5.41) is 40.4. The van der Waals surface area contributed by atoms with E-state index in [0.717, 1.165) is 0 Å². The summed E-state index contributed by atoms with van der Waals surface area (Å²) in [6, 6.07) is 1.28. The molecule has 0 saturated heterocycles. The molecule has 1 aromatic carbocycles. The van der Waals surface area contributed by atoms with E-state index in [4.69, 9.17) is 5.11 Å². The Morgan fingerprint density at radius 1 is 0.882 bits per heavy atom. The molecule has 1 aromatic rings. The summed E-state index contributed by atoms with van der Waals surface area (Å²) in [4.78, 5) is 27.7. The summed E-state index contributed by atoms with van der Waals surface area (Å²) < 4.78 is 0. The second-order valence-corrected chi connectivity index (χ2v) is 2.57. The van der Waals surface area contributed by atoms with Crippen molar-refractivity contribution in [3.05, 3.63) is 42.5 Å². The Kier molecular flexibility index (Phi) is 4.87. The van der Waals surface area contributed by atoms with Crippen LogP contribution in [0.5, 0.6) is 5.75 Å². The molecule has 0 amide bonds. The first-order valence-electron chi connectivity index (χ1n) is 3.65. The van der Waals surface area contributed by atoms with Gasteiger partial charge in [0, 0.05) is 33.4 Å². The van der Waals surface area contributed by atoms with Crippen molar-refractivity contribution in [1.29, 1.82) is 0 Å². The molecule has 4 radical (unpaired) electrons.